The minimum Gasteiger partial charge on any atom is -0.287 e. The van der Waals surface area contributed by atoms with E-state index in [1.165, 1.54) is 35.9 Å². The number of benzene rings is 2. The zero-order valence-corrected chi connectivity index (χ0v) is 13.4. The maximum absolute atomic E-state index is 12.5. The van der Waals surface area contributed by atoms with E-state index in [0.717, 1.165) is 0 Å². The van der Waals surface area contributed by atoms with E-state index in [0.29, 0.717) is 16.5 Å². The number of nitrogens with zero attached hydrogens (tertiary/aromatic N) is 2. The lowest BCUT2D eigenvalue weighted by Gasteiger charge is -1.99. The van der Waals surface area contributed by atoms with Crippen LogP contribution in [0.25, 0.3) is 17.0 Å². The van der Waals surface area contributed by atoms with Crippen molar-refractivity contribution in [3.63, 3.8) is 0 Å². The topological polar surface area (TPSA) is 82.2 Å². The van der Waals surface area contributed by atoms with E-state index in [9.17, 15) is 19.7 Å². The Bertz CT molecular complexity index is 1020. The molecule has 6 nitrogen and oxygen atoms in total. The van der Waals surface area contributed by atoms with E-state index in [-0.39, 0.29) is 11.5 Å². The molecule has 0 unspecified atom stereocenters. The number of rotatable bonds is 4. The van der Waals surface area contributed by atoms with Gasteiger partial charge >= 0.3 is 5.70 Å². The fourth-order valence-corrected chi connectivity index (χ4v) is 2.67. The predicted molar refractivity (Wildman–Crippen MR) is 94.0 cm³/mol. The standard InChI is InChI=1S/C19H14N2O4/c1-13(22)20-12-15(16-9-5-6-10-17(16)20)11-18(21(24)25)19(23)14-7-3-2-4-8-14/h2-12H,1H3. The zero-order chi connectivity index (χ0) is 18.0. The van der Waals surface area contributed by atoms with E-state index < -0.39 is 16.4 Å². The van der Waals surface area contributed by atoms with Crippen molar-refractivity contribution in [1.82, 2.24) is 4.57 Å². The van der Waals surface area contributed by atoms with Crippen molar-refractivity contribution in [3.05, 3.63) is 87.7 Å². The molecule has 0 radical (unpaired) electrons. The molecule has 0 N–H and O–H groups in total. The fourth-order valence-electron chi connectivity index (χ4n) is 2.67. The molecule has 0 aliphatic rings. The second-order valence-corrected chi connectivity index (χ2v) is 5.47. The van der Waals surface area contributed by atoms with Gasteiger partial charge in [-0.2, -0.15) is 0 Å². The summed E-state index contributed by atoms with van der Waals surface area (Å²) < 4.78 is 1.41. The van der Waals surface area contributed by atoms with Crippen LogP contribution in [0.4, 0.5) is 0 Å². The van der Waals surface area contributed by atoms with E-state index in [2.05, 4.69) is 0 Å². The quantitative estimate of drug-likeness (QED) is 0.314. The van der Waals surface area contributed by atoms with Crippen LogP contribution in [0.3, 0.4) is 0 Å². The molecule has 0 amide bonds. The molecule has 3 rings (SSSR count). The lowest BCUT2D eigenvalue weighted by Crippen LogP contribution is -2.11. The first-order chi connectivity index (χ1) is 12.0. The second-order valence-electron chi connectivity index (χ2n) is 5.47. The number of aromatic nitrogens is 1. The van der Waals surface area contributed by atoms with Gasteiger partial charge in [0.15, 0.2) is 0 Å². The molecule has 0 atom stereocenters. The van der Waals surface area contributed by atoms with Gasteiger partial charge in [-0.1, -0.05) is 48.5 Å². The summed E-state index contributed by atoms with van der Waals surface area (Å²) >= 11 is 0. The molecule has 0 spiro atoms. The maximum atomic E-state index is 12.5. The van der Waals surface area contributed by atoms with Crippen LogP contribution >= 0.6 is 0 Å². The zero-order valence-electron chi connectivity index (χ0n) is 13.4. The van der Waals surface area contributed by atoms with Gasteiger partial charge in [0, 0.05) is 35.7 Å². The Hall–Kier alpha value is -3.54. The van der Waals surface area contributed by atoms with Crippen LogP contribution in [0.2, 0.25) is 0 Å². The average molecular weight is 334 g/mol. The van der Waals surface area contributed by atoms with Crippen molar-refractivity contribution in [1.29, 1.82) is 0 Å². The molecule has 0 saturated carbocycles. The number of nitro groups is 1. The van der Waals surface area contributed by atoms with Gasteiger partial charge in [-0.25, -0.2) is 0 Å². The number of para-hydroxylation sites is 1. The molecule has 0 fully saturated rings. The molecule has 1 aromatic heterocycles. The Morgan fingerprint density at radius 2 is 1.68 bits per heavy atom. The smallest absolute Gasteiger partial charge is 0.287 e. The first kappa shape index (κ1) is 16.3. The molecule has 124 valence electrons. The average Bonchev–Trinajstić information content (AvgIpc) is 2.98. The summed E-state index contributed by atoms with van der Waals surface area (Å²) in [6.07, 6.45) is 2.73. The summed E-state index contributed by atoms with van der Waals surface area (Å²) in [6.45, 7) is 1.41. The van der Waals surface area contributed by atoms with Crippen LogP contribution in [0.5, 0.6) is 0 Å². The van der Waals surface area contributed by atoms with Crippen LogP contribution in [0.1, 0.15) is 27.6 Å². The second kappa shape index (κ2) is 6.52. The number of ketones is 1. The number of hydrogen-bond donors (Lipinski definition) is 0. The first-order valence-electron chi connectivity index (χ1n) is 7.56. The van der Waals surface area contributed by atoms with Gasteiger partial charge < -0.3 is 0 Å². The van der Waals surface area contributed by atoms with Crippen LogP contribution in [0.15, 0.2) is 66.5 Å². The van der Waals surface area contributed by atoms with Gasteiger partial charge in [0.25, 0.3) is 5.78 Å². The molecule has 0 saturated heterocycles. The third-order valence-corrected chi connectivity index (χ3v) is 3.84. The van der Waals surface area contributed by atoms with Crippen molar-refractivity contribution in [3.8, 4) is 0 Å². The Balaban J connectivity index is 2.17. The van der Waals surface area contributed by atoms with Gasteiger partial charge in [-0.05, 0) is 6.07 Å². The van der Waals surface area contributed by atoms with Crippen molar-refractivity contribution in [2.45, 2.75) is 6.92 Å². The lowest BCUT2D eigenvalue weighted by atomic mass is 10.1. The first-order valence-corrected chi connectivity index (χ1v) is 7.56. The molecule has 3 aromatic rings. The van der Waals surface area contributed by atoms with Crippen molar-refractivity contribution in [2.75, 3.05) is 0 Å². The summed E-state index contributed by atoms with van der Waals surface area (Å²) in [5, 5.41) is 12.1. The van der Waals surface area contributed by atoms with E-state index in [1.54, 1.807) is 42.5 Å². The van der Waals surface area contributed by atoms with Crippen LogP contribution < -0.4 is 0 Å². The van der Waals surface area contributed by atoms with Crippen LogP contribution in [-0.4, -0.2) is 21.2 Å². The monoisotopic (exact) mass is 334 g/mol. The highest BCUT2D eigenvalue weighted by Gasteiger charge is 2.24. The highest BCUT2D eigenvalue weighted by atomic mass is 16.6. The molecule has 2 aromatic carbocycles. The Morgan fingerprint density at radius 1 is 1.04 bits per heavy atom. The lowest BCUT2D eigenvalue weighted by molar-refractivity contribution is -0.415. The summed E-state index contributed by atoms with van der Waals surface area (Å²) in [5.74, 6) is -0.891. The molecular weight excluding hydrogens is 320 g/mol. The third-order valence-electron chi connectivity index (χ3n) is 3.84. The van der Waals surface area contributed by atoms with E-state index >= 15 is 0 Å². The normalized spacial score (nSPS) is 11.5. The molecule has 6 heteroatoms. The van der Waals surface area contributed by atoms with Crippen LogP contribution in [0, 0.1) is 10.1 Å². The summed E-state index contributed by atoms with van der Waals surface area (Å²) in [6, 6.07) is 15.1. The van der Waals surface area contributed by atoms with Gasteiger partial charge in [-0.15, -0.1) is 0 Å². The molecule has 0 bridgehead atoms. The van der Waals surface area contributed by atoms with Gasteiger partial charge in [0.05, 0.1) is 10.4 Å². The predicted octanol–water partition coefficient (Wildman–Crippen LogP) is 3.80. The number of carbonyl (C=O) groups excluding carboxylic acids is 2. The minimum absolute atomic E-state index is 0.215. The summed E-state index contributed by atoms with van der Waals surface area (Å²) in [5.41, 5.74) is 0.774. The van der Waals surface area contributed by atoms with Gasteiger partial charge in [-0.3, -0.25) is 24.3 Å². The molecule has 0 aliphatic carbocycles. The van der Waals surface area contributed by atoms with Gasteiger partial charge in [0.1, 0.15) is 0 Å². The van der Waals surface area contributed by atoms with Crippen molar-refractivity contribution >= 4 is 28.7 Å². The van der Waals surface area contributed by atoms with Crippen molar-refractivity contribution < 1.29 is 14.5 Å². The molecule has 1 heterocycles. The number of allylic oxidation sites excluding steroid dienone is 1. The molecular formula is C19H14N2O4. The van der Waals surface area contributed by atoms with E-state index in [1.807, 2.05) is 0 Å². The van der Waals surface area contributed by atoms with E-state index in [4.69, 9.17) is 0 Å². The highest BCUT2D eigenvalue weighted by molar-refractivity contribution is 6.10. The molecule has 0 aliphatic heterocycles. The van der Waals surface area contributed by atoms with Gasteiger partial charge in [0.2, 0.25) is 5.91 Å². The highest BCUT2D eigenvalue weighted by Crippen LogP contribution is 2.24. The number of fused-ring (bicyclic) bond motifs is 1. The Labute approximate surface area is 143 Å². The van der Waals surface area contributed by atoms with Crippen LogP contribution in [-0.2, 0) is 0 Å². The Morgan fingerprint density at radius 3 is 2.32 bits per heavy atom. The SMILES string of the molecule is CC(=O)n1cc(C=C(C(=O)c2ccccc2)[N+](=O)[O-])c2ccccc21. The summed E-state index contributed by atoms with van der Waals surface area (Å²) in [4.78, 5) is 35.0. The third kappa shape index (κ3) is 3.10. The van der Waals surface area contributed by atoms with Crippen molar-refractivity contribution in [2.24, 2.45) is 0 Å². The summed E-state index contributed by atoms with van der Waals surface area (Å²) in [7, 11) is 0. The number of hydrogen-bond acceptors (Lipinski definition) is 4. The maximum Gasteiger partial charge on any atom is 0.317 e. The fraction of sp³-hybridized carbons (Fsp3) is 0.0526. The molecule has 25 heavy (non-hydrogen) atoms. The largest absolute Gasteiger partial charge is 0.317 e. The number of carbonyl (C=O) groups is 2. The Kier molecular flexibility index (Phi) is 4.26. The minimum atomic E-state index is -0.699. The number of Topliss-reactive ketones (excluding diaryl/α,β-unsaturated/α-hetero) is 1.